The van der Waals surface area contributed by atoms with Gasteiger partial charge < -0.3 is 102 Å². The van der Waals surface area contributed by atoms with Crippen molar-refractivity contribution in [2.75, 3.05) is 33.5 Å². The van der Waals surface area contributed by atoms with Crippen LogP contribution in [0.25, 0.3) is 0 Å². The second kappa shape index (κ2) is 34.4. The van der Waals surface area contributed by atoms with Crippen LogP contribution >= 0.6 is 31.3 Å². The molecule has 20 N–H and O–H groups in total. The van der Waals surface area contributed by atoms with Gasteiger partial charge in [0.05, 0.1) is 26.4 Å². The smallest absolute Gasteiger partial charge is 0.469 e. The van der Waals surface area contributed by atoms with E-state index in [9.17, 15) is 120 Å². The van der Waals surface area contributed by atoms with Gasteiger partial charge in [0, 0.05) is 33.2 Å². The van der Waals surface area contributed by atoms with Crippen molar-refractivity contribution in [1.82, 2.24) is 47.9 Å². The molecule has 0 aromatic heterocycles. The van der Waals surface area contributed by atoms with Crippen LogP contribution in [0.5, 0.6) is 0 Å². The lowest BCUT2D eigenvalue weighted by molar-refractivity contribution is -0.140. The number of rotatable bonds is 39. The van der Waals surface area contributed by atoms with Gasteiger partial charge in [0.1, 0.15) is 48.3 Å². The van der Waals surface area contributed by atoms with Gasteiger partial charge in [-0.2, -0.15) is 0 Å². The van der Waals surface area contributed by atoms with Gasteiger partial charge in [-0.25, -0.2) is 18.3 Å². The average molecular weight is 1240 g/mol. The van der Waals surface area contributed by atoms with Crippen LogP contribution in [0.4, 0.5) is 0 Å². The van der Waals surface area contributed by atoms with E-state index in [2.05, 4.69) is 39.4 Å². The Morgan fingerprint density at radius 3 is 0.875 bits per heavy atom. The third kappa shape index (κ3) is 33.0. The van der Waals surface area contributed by atoms with E-state index in [-0.39, 0.29) is 6.42 Å². The molecule has 0 fully saturated rings. The van der Waals surface area contributed by atoms with Gasteiger partial charge in [0.25, 0.3) is 0 Å². The van der Waals surface area contributed by atoms with Gasteiger partial charge in [0.15, 0.2) is 0 Å². The first-order chi connectivity index (χ1) is 36.6. The fourth-order valence-corrected chi connectivity index (χ4v) is 7.40. The molecule has 0 aliphatic carbocycles. The molecule has 0 unspecified atom stereocenters. The molecule has 0 aromatic rings. The second-order valence-electron chi connectivity index (χ2n) is 16.5. The second-order valence-corrected chi connectivity index (χ2v) is 21.5. The van der Waals surface area contributed by atoms with E-state index in [1.165, 1.54) is 13.8 Å². The maximum atomic E-state index is 14.0. The molecule has 0 heterocycles. The van der Waals surface area contributed by atoms with E-state index in [1.54, 1.807) is 10.6 Å². The molecule has 9 amide bonds. The summed E-state index contributed by atoms with van der Waals surface area (Å²) in [5, 5.41) is 45.1. The van der Waals surface area contributed by atoms with E-state index < -0.39 is 222 Å². The molecule has 9 atom stereocenters. The first-order valence-corrected chi connectivity index (χ1v) is 28.8. The molecule has 0 bridgehead atoms. The number of carbonyl (C=O) groups excluding carboxylic acids is 9. The first kappa shape index (κ1) is 74.1. The Hall–Kier alpha value is -5.92. The molecule has 0 aliphatic rings. The van der Waals surface area contributed by atoms with Crippen molar-refractivity contribution in [3.05, 3.63) is 0 Å². The third-order valence-corrected chi connectivity index (χ3v) is 12.1. The SMILES string of the molecule is CC[C@H](C)[C@H](NC(=O)[C@H](COP(=O)(O)O)NC(=O)[C@H](CCC(=O)O)NC(C)=O)C(=O)N[C@@H](COP(=O)(O)O)C(=O)N[C@@H](COP(=O)(O)O)C(=O)N[C@@H](COP(=O)(O)O)C(=O)N[C@@H](CCC(=O)O)C(=O)N[C@@H](CCC(=O)O)C(=O)NC. The van der Waals surface area contributed by atoms with Gasteiger partial charge in [0.2, 0.25) is 53.2 Å². The predicted octanol–water partition coefficient (Wildman–Crippen LogP) is -7.29. The number of hydrogen-bond acceptors (Lipinski definition) is 20. The average Bonchev–Trinajstić information content (AvgIpc) is 3.32. The Morgan fingerprint density at radius 2 is 0.625 bits per heavy atom. The van der Waals surface area contributed by atoms with E-state index in [4.69, 9.17) is 10.2 Å². The molecule has 80 heavy (non-hydrogen) atoms. The number of carbonyl (C=O) groups is 12. The van der Waals surface area contributed by atoms with Crippen LogP contribution in [0.3, 0.4) is 0 Å². The topological polar surface area (TPSA) is 641 Å². The summed E-state index contributed by atoms with van der Waals surface area (Å²) in [5.41, 5.74) is 0. The van der Waals surface area contributed by atoms with Crippen LogP contribution in [-0.4, -0.2) is 207 Å². The van der Waals surface area contributed by atoms with Crippen molar-refractivity contribution >= 4 is 102 Å². The van der Waals surface area contributed by atoms with E-state index in [1.807, 2.05) is 16.0 Å². The van der Waals surface area contributed by atoms with Crippen LogP contribution in [-0.2, 0) is 93.9 Å². The molecule has 0 aromatic carbocycles. The number of phosphoric ester groups is 4. The van der Waals surface area contributed by atoms with Crippen molar-refractivity contribution in [1.29, 1.82) is 0 Å². The van der Waals surface area contributed by atoms with Crippen molar-refractivity contribution in [2.24, 2.45) is 5.92 Å². The molecule has 0 aliphatic heterocycles. The summed E-state index contributed by atoms with van der Waals surface area (Å²) in [5.74, 6) is -18.5. The van der Waals surface area contributed by atoms with Crippen LogP contribution < -0.4 is 47.9 Å². The minimum atomic E-state index is -5.69. The highest BCUT2D eigenvalue weighted by Crippen LogP contribution is 2.38. The zero-order valence-corrected chi connectivity index (χ0v) is 45.9. The summed E-state index contributed by atoms with van der Waals surface area (Å²) in [7, 11) is -21.4. The molecular formula is C36H63N9O31P4. The fourth-order valence-electron chi connectivity index (χ4n) is 6.03. The van der Waals surface area contributed by atoms with Crippen molar-refractivity contribution in [3.63, 3.8) is 0 Å². The molecule has 40 nitrogen and oxygen atoms in total. The largest absolute Gasteiger partial charge is 0.481 e. The minimum absolute atomic E-state index is 0.0826. The van der Waals surface area contributed by atoms with Crippen LogP contribution in [0.1, 0.15) is 65.7 Å². The Morgan fingerprint density at radius 1 is 0.388 bits per heavy atom. The zero-order chi connectivity index (χ0) is 62.1. The lowest BCUT2D eigenvalue weighted by Crippen LogP contribution is -2.62. The van der Waals surface area contributed by atoms with E-state index in [0.29, 0.717) is 0 Å². The maximum absolute atomic E-state index is 14.0. The zero-order valence-electron chi connectivity index (χ0n) is 42.3. The summed E-state index contributed by atoms with van der Waals surface area (Å²) < 4.78 is 64.2. The molecular weight excluding hydrogens is 1180 g/mol. The summed E-state index contributed by atoms with van der Waals surface area (Å²) >= 11 is 0. The summed E-state index contributed by atoms with van der Waals surface area (Å²) in [6.07, 6.45) is -4.45. The van der Waals surface area contributed by atoms with Crippen LogP contribution in [0.15, 0.2) is 0 Å². The predicted molar refractivity (Wildman–Crippen MR) is 257 cm³/mol. The number of aliphatic carboxylic acids is 3. The number of likely N-dealkylation sites (N-methyl/N-ethyl adjacent to an activating group) is 1. The summed E-state index contributed by atoms with van der Waals surface area (Å²) in [6, 6.07) is -17.1. The molecule has 458 valence electrons. The fraction of sp³-hybridized carbons (Fsp3) is 0.667. The van der Waals surface area contributed by atoms with E-state index >= 15 is 0 Å². The molecule has 44 heteroatoms. The lowest BCUT2D eigenvalue weighted by atomic mass is 9.97. The molecule has 0 saturated carbocycles. The van der Waals surface area contributed by atoms with Crippen molar-refractivity contribution < 1.29 is 148 Å². The minimum Gasteiger partial charge on any atom is -0.481 e. The Kier molecular flexibility index (Phi) is 31.8. The van der Waals surface area contributed by atoms with Gasteiger partial charge in [-0.1, -0.05) is 20.3 Å². The standard InChI is InChI=1S/C36H63N9O31P4/c1-5-16(2)28(45-35(59)24(15-76-80(70,71)72)41-30(54)19(38-17(3)46)7-10-26(49)50)36(60)44-23(14-75-79(67,68)69)34(58)43-22(13-74-78(64,65)66)33(57)42-21(12-73-77(61,62)63)32(56)40-20(8-11-27(51)52)31(55)39-18(29(53)37-4)6-9-25(47)48/h16,18-24,28H,5-15H2,1-4H3,(H,37,53)(H,38,46)(H,39,55)(H,40,56)(H,41,54)(H,42,57)(H,43,58)(H,44,60)(H,45,59)(H,47,48)(H,49,50)(H,51,52)(H2,61,62,63)(H2,64,65,66)(H2,67,68,69)(H2,70,71,72)/t16-,18-,19-,20-,21-,22-,23-,24-,28-/m0/s1. The Bertz CT molecular complexity index is 2430. The molecule has 0 rings (SSSR count). The number of hydrogen-bond donors (Lipinski definition) is 20. The number of phosphoric acid groups is 4. The first-order valence-electron chi connectivity index (χ1n) is 22.6. The van der Waals surface area contributed by atoms with Crippen LogP contribution in [0.2, 0.25) is 0 Å². The van der Waals surface area contributed by atoms with Gasteiger partial charge >= 0.3 is 49.2 Å². The van der Waals surface area contributed by atoms with Crippen molar-refractivity contribution in [2.45, 2.75) is 114 Å². The van der Waals surface area contributed by atoms with Gasteiger partial charge in [-0.3, -0.25) is 75.6 Å². The number of amides is 9. The molecule has 0 spiro atoms. The highest BCUT2D eigenvalue weighted by molar-refractivity contribution is 7.47. The summed E-state index contributed by atoms with van der Waals surface area (Å²) in [4.78, 5) is 229. The quantitative estimate of drug-likeness (QED) is 0.0254. The Labute approximate surface area is 451 Å². The Balaban J connectivity index is 7.31. The van der Waals surface area contributed by atoms with Gasteiger partial charge in [-0.15, -0.1) is 0 Å². The highest BCUT2D eigenvalue weighted by Gasteiger charge is 2.39. The number of carboxylic acid groups (broad SMARTS) is 3. The highest BCUT2D eigenvalue weighted by atomic mass is 31.2. The van der Waals surface area contributed by atoms with Crippen LogP contribution in [0, 0.1) is 5.92 Å². The molecule has 0 saturated heterocycles. The number of nitrogens with one attached hydrogen (secondary N) is 9. The normalized spacial score (nSPS) is 15.2. The van der Waals surface area contributed by atoms with E-state index in [0.717, 1.165) is 14.0 Å². The summed E-state index contributed by atoms with van der Waals surface area (Å²) in [6.45, 7) is -2.63. The molecule has 0 radical (unpaired) electrons. The lowest BCUT2D eigenvalue weighted by Gasteiger charge is -2.29. The monoisotopic (exact) mass is 1240 g/mol. The third-order valence-electron chi connectivity index (χ3n) is 10.1. The number of carboxylic acids is 3. The maximum Gasteiger partial charge on any atom is 0.469 e. The van der Waals surface area contributed by atoms with Gasteiger partial charge in [-0.05, 0) is 25.2 Å². The van der Waals surface area contributed by atoms with Crippen molar-refractivity contribution in [3.8, 4) is 0 Å².